The first-order valence-electron chi connectivity index (χ1n) is 7.77. The molecule has 0 aliphatic carbocycles. The maximum absolute atomic E-state index is 12.3. The zero-order valence-electron chi connectivity index (χ0n) is 13.4. The summed E-state index contributed by atoms with van der Waals surface area (Å²) in [5, 5.41) is 9.69. The molecule has 0 bridgehead atoms. The van der Waals surface area contributed by atoms with Crippen molar-refractivity contribution in [2.75, 3.05) is 18.1 Å². The minimum atomic E-state index is -0.856. The van der Waals surface area contributed by atoms with Crippen LogP contribution in [0.5, 0.6) is 0 Å². The maximum Gasteiger partial charge on any atom is 0.308 e. The number of rotatable bonds is 6. The highest BCUT2D eigenvalue weighted by atomic mass is 35.5. The summed E-state index contributed by atoms with van der Waals surface area (Å²) in [5.74, 6) is -1.13. The molecule has 1 aliphatic rings. The predicted molar refractivity (Wildman–Crippen MR) is 94.6 cm³/mol. The first-order valence-corrected chi connectivity index (χ1v) is 9.30. The van der Waals surface area contributed by atoms with E-state index in [1.54, 1.807) is 29.2 Å². The zero-order valence-corrected chi connectivity index (χ0v) is 15.0. The average molecular weight is 370 g/mol. The molecule has 0 saturated carbocycles. The van der Waals surface area contributed by atoms with Crippen LogP contribution < -0.4 is 0 Å². The molecule has 24 heavy (non-hydrogen) atoms. The first-order chi connectivity index (χ1) is 11.4. The molecule has 1 heterocycles. The molecule has 2 atom stereocenters. The lowest BCUT2D eigenvalue weighted by molar-refractivity contribution is -0.146. The van der Waals surface area contributed by atoms with Gasteiger partial charge < -0.3 is 10.0 Å². The number of Topliss-reactive ketones (excluding diaryl/α,β-unsaturated/α-hetero) is 1. The number of carbonyl (C=O) groups is 3. The Morgan fingerprint density at radius 3 is 2.50 bits per heavy atom. The van der Waals surface area contributed by atoms with Crippen molar-refractivity contribution in [3.8, 4) is 0 Å². The second-order valence-corrected chi connectivity index (χ2v) is 7.35. The van der Waals surface area contributed by atoms with E-state index >= 15 is 0 Å². The number of halogens is 1. The van der Waals surface area contributed by atoms with Crippen molar-refractivity contribution >= 4 is 41.0 Å². The van der Waals surface area contributed by atoms with Crippen LogP contribution in [0.1, 0.15) is 30.1 Å². The summed E-state index contributed by atoms with van der Waals surface area (Å²) < 4.78 is 0. The maximum atomic E-state index is 12.3. The quantitative estimate of drug-likeness (QED) is 0.780. The van der Waals surface area contributed by atoms with Crippen molar-refractivity contribution in [3.05, 3.63) is 34.9 Å². The van der Waals surface area contributed by atoms with Gasteiger partial charge in [-0.3, -0.25) is 14.4 Å². The summed E-state index contributed by atoms with van der Waals surface area (Å²) >= 11 is 7.04. The molecular weight excluding hydrogens is 350 g/mol. The van der Waals surface area contributed by atoms with Crippen molar-refractivity contribution in [1.82, 2.24) is 4.90 Å². The summed E-state index contributed by atoms with van der Waals surface area (Å²) in [4.78, 5) is 37.1. The van der Waals surface area contributed by atoms with Crippen molar-refractivity contribution in [2.24, 2.45) is 5.92 Å². The Morgan fingerprint density at radius 1 is 1.21 bits per heavy atom. The summed E-state index contributed by atoms with van der Waals surface area (Å²) in [6, 6.07) is 6.69. The molecule has 130 valence electrons. The Balaban J connectivity index is 1.82. The number of thioether (sulfide) groups is 1. The van der Waals surface area contributed by atoms with E-state index in [0.717, 1.165) is 0 Å². The molecule has 2 unspecified atom stereocenters. The SMILES string of the molecule is CC1CCC(C(=O)O)CN1C(=O)CSCC(=O)c1ccc(Cl)cc1. The lowest BCUT2D eigenvalue weighted by Crippen LogP contribution is -2.48. The van der Waals surface area contributed by atoms with Crippen molar-refractivity contribution in [1.29, 1.82) is 0 Å². The van der Waals surface area contributed by atoms with Crippen LogP contribution in [0, 0.1) is 5.92 Å². The molecule has 1 aliphatic heterocycles. The minimum absolute atomic E-state index is 0.0423. The van der Waals surface area contributed by atoms with Crippen LogP contribution in [0.4, 0.5) is 0 Å². The smallest absolute Gasteiger partial charge is 0.308 e. The fourth-order valence-corrected chi connectivity index (χ4v) is 3.61. The van der Waals surface area contributed by atoms with Gasteiger partial charge in [0.05, 0.1) is 17.4 Å². The van der Waals surface area contributed by atoms with Crippen LogP contribution in [0.15, 0.2) is 24.3 Å². The van der Waals surface area contributed by atoms with Gasteiger partial charge >= 0.3 is 5.97 Å². The van der Waals surface area contributed by atoms with E-state index in [-0.39, 0.29) is 35.8 Å². The monoisotopic (exact) mass is 369 g/mol. The summed E-state index contributed by atoms with van der Waals surface area (Å²) in [6.07, 6.45) is 1.29. The lowest BCUT2D eigenvalue weighted by Gasteiger charge is -2.36. The Hall–Kier alpha value is -1.53. The van der Waals surface area contributed by atoms with Crippen molar-refractivity contribution < 1.29 is 19.5 Å². The number of likely N-dealkylation sites (tertiary alicyclic amines) is 1. The molecule has 0 radical (unpaired) electrons. The van der Waals surface area contributed by atoms with Gasteiger partial charge in [-0.05, 0) is 44.0 Å². The Labute approximate surface area is 150 Å². The minimum Gasteiger partial charge on any atom is -0.481 e. The second-order valence-electron chi connectivity index (χ2n) is 5.93. The summed E-state index contributed by atoms with van der Waals surface area (Å²) in [6.45, 7) is 2.18. The number of aliphatic carboxylic acids is 1. The van der Waals surface area contributed by atoms with E-state index in [1.165, 1.54) is 11.8 Å². The Morgan fingerprint density at radius 2 is 1.88 bits per heavy atom. The van der Waals surface area contributed by atoms with E-state index in [4.69, 9.17) is 16.7 Å². The van der Waals surface area contributed by atoms with E-state index < -0.39 is 11.9 Å². The third-order valence-corrected chi connectivity index (χ3v) is 5.35. The molecular formula is C17H20ClNO4S. The van der Waals surface area contributed by atoms with E-state index in [2.05, 4.69) is 0 Å². The van der Waals surface area contributed by atoms with Crippen LogP contribution >= 0.6 is 23.4 Å². The van der Waals surface area contributed by atoms with E-state index in [1.807, 2.05) is 6.92 Å². The average Bonchev–Trinajstić information content (AvgIpc) is 2.55. The fraction of sp³-hybridized carbons (Fsp3) is 0.471. The second kappa shape index (κ2) is 8.53. The fourth-order valence-electron chi connectivity index (χ4n) is 2.69. The number of nitrogens with zero attached hydrogens (tertiary/aromatic N) is 1. The van der Waals surface area contributed by atoms with Crippen molar-refractivity contribution in [2.45, 2.75) is 25.8 Å². The molecule has 2 rings (SSSR count). The molecule has 1 N–H and O–H groups in total. The number of carbonyl (C=O) groups excluding carboxylic acids is 2. The molecule has 0 spiro atoms. The molecule has 5 nitrogen and oxygen atoms in total. The van der Waals surface area contributed by atoms with Gasteiger partial charge in [-0.25, -0.2) is 0 Å². The molecule has 1 aromatic carbocycles. The van der Waals surface area contributed by atoms with Gasteiger partial charge in [0, 0.05) is 23.2 Å². The first kappa shape index (κ1) is 18.8. The van der Waals surface area contributed by atoms with E-state index in [0.29, 0.717) is 23.4 Å². The number of benzene rings is 1. The van der Waals surface area contributed by atoms with Crippen LogP contribution in [-0.4, -0.2) is 51.8 Å². The predicted octanol–water partition coefficient (Wildman–Crippen LogP) is 2.97. The molecule has 1 aromatic rings. The van der Waals surface area contributed by atoms with Crippen LogP contribution in [0.2, 0.25) is 5.02 Å². The highest BCUT2D eigenvalue weighted by Crippen LogP contribution is 2.23. The molecule has 1 fully saturated rings. The van der Waals surface area contributed by atoms with Gasteiger partial charge in [0.1, 0.15) is 0 Å². The molecule has 7 heteroatoms. The largest absolute Gasteiger partial charge is 0.481 e. The number of ketones is 1. The third kappa shape index (κ3) is 4.98. The highest BCUT2D eigenvalue weighted by Gasteiger charge is 2.32. The zero-order chi connectivity index (χ0) is 17.7. The van der Waals surface area contributed by atoms with Gasteiger partial charge in [-0.1, -0.05) is 11.6 Å². The summed E-state index contributed by atoms with van der Waals surface area (Å²) in [5.41, 5.74) is 0.566. The number of carboxylic acid groups (broad SMARTS) is 1. The van der Waals surface area contributed by atoms with Gasteiger partial charge in [-0.15, -0.1) is 11.8 Å². The molecule has 0 aromatic heterocycles. The number of amides is 1. The van der Waals surface area contributed by atoms with Gasteiger partial charge in [0.15, 0.2) is 5.78 Å². The van der Waals surface area contributed by atoms with Crippen molar-refractivity contribution in [3.63, 3.8) is 0 Å². The van der Waals surface area contributed by atoms with Crippen LogP contribution in [0.3, 0.4) is 0 Å². The molecule has 1 saturated heterocycles. The van der Waals surface area contributed by atoms with Gasteiger partial charge in [-0.2, -0.15) is 0 Å². The number of hydrogen-bond acceptors (Lipinski definition) is 4. The number of hydrogen-bond donors (Lipinski definition) is 1. The van der Waals surface area contributed by atoms with E-state index in [9.17, 15) is 14.4 Å². The van der Waals surface area contributed by atoms with Gasteiger partial charge in [0.2, 0.25) is 5.91 Å². The van der Waals surface area contributed by atoms with Gasteiger partial charge in [0.25, 0.3) is 0 Å². The topological polar surface area (TPSA) is 74.7 Å². The summed E-state index contributed by atoms with van der Waals surface area (Å²) in [7, 11) is 0. The highest BCUT2D eigenvalue weighted by molar-refractivity contribution is 8.00. The Kier molecular flexibility index (Phi) is 6.69. The number of piperidine rings is 1. The van der Waals surface area contributed by atoms with Crippen LogP contribution in [0.25, 0.3) is 0 Å². The third-order valence-electron chi connectivity index (χ3n) is 4.18. The van der Waals surface area contributed by atoms with Crippen LogP contribution in [-0.2, 0) is 9.59 Å². The molecule has 1 amide bonds. The normalized spacial score (nSPS) is 20.7. The lowest BCUT2D eigenvalue weighted by atomic mass is 9.93. The standard InChI is InChI=1S/C17H20ClNO4S/c1-11-2-3-13(17(22)23)8-19(11)16(21)10-24-9-15(20)12-4-6-14(18)7-5-12/h4-7,11,13H,2-3,8-10H2,1H3,(H,22,23). The number of carboxylic acids is 1. The Bertz CT molecular complexity index is 620.